The van der Waals surface area contributed by atoms with E-state index in [1.807, 2.05) is 0 Å². The van der Waals surface area contributed by atoms with Gasteiger partial charge in [0.05, 0.1) is 0 Å². The number of nitrogens with zero attached hydrogens (tertiary/aromatic N) is 2. The van der Waals surface area contributed by atoms with E-state index in [1.54, 1.807) is 0 Å². The van der Waals surface area contributed by atoms with Crippen LogP contribution in [0.15, 0.2) is 16.8 Å². The van der Waals surface area contributed by atoms with Crippen molar-refractivity contribution in [2.45, 2.75) is 34.1 Å². The lowest BCUT2D eigenvalue weighted by Crippen LogP contribution is -2.31. The third-order valence-corrected chi connectivity index (χ3v) is 1.97. The Morgan fingerprint density at radius 1 is 1.31 bits per heavy atom. The fourth-order valence-corrected chi connectivity index (χ4v) is 1.15. The molecule has 0 radical (unpaired) electrons. The third kappa shape index (κ3) is 4.55. The van der Waals surface area contributed by atoms with E-state index in [1.165, 1.54) is 5.57 Å². The molecule has 0 aliphatic rings. The first-order valence-electron chi connectivity index (χ1n) is 4.80. The van der Waals surface area contributed by atoms with E-state index >= 15 is 0 Å². The van der Waals surface area contributed by atoms with Gasteiger partial charge in [0.2, 0.25) is 0 Å². The van der Waals surface area contributed by atoms with Crippen LogP contribution in [0.4, 0.5) is 0 Å². The van der Waals surface area contributed by atoms with Gasteiger partial charge < -0.3 is 10.7 Å². The van der Waals surface area contributed by atoms with Gasteiger partial charge in [0.25, 0.3) is 0 Å². The van der Waals surface area contributed by atoms with Gasteiger partial charge in [-0.3, -0.25) is 0 Å². The number of hydrogen-bond donors (Lipinski definition) is 1. The van der Waals surface area contributed by atoms with E-state index < -0.39 is 0 Å². The number of amidine groups is 1. The molecule has 0 aliphatic carbocycles. The molecular formula is C10H21N3. The van der Waals surface area contributed by atoms with Crippen LogP contribution in [0.25, 0.3) is 0 Å². The number of rotatable bonds is 4. The molecule has 0 aliphatic heterocycles. The maximum Gasteiger partial charge on any atom is 0.128 e. The predicted molar refractivity (Wildman–Crippen MR) is 58.6 cm³/mol. The topological polar surface area (TPSA) is 41.6 Å². The zero-order valence-corrected chi connectivity index (χ0v) is 9.17. The van der Waals surface area contributed by atoms with Crippen LogP contribution in [-0.2, 0) is 0 Å². The fraction of sp³-hybridized carbons (Fsp3) is 0.700. The first-order chi connectivity index (χ1) is 6.15. The Balaban J connectivity index is 4.26. The van der Waals surface area contributed by atoms with Crippen LogP contribution in [0.5, 0.6) is 0 Å². The average Bonchev–Trinajstić information content (AvgIpc) is 2.11. The summed E-state index contributed by atoms with van der Waals surface area (Å²) in [6.07, 6.45) is 2.98. The molecule has 0 atom stereocenters. The van der Waals surface area contributed by atoms with Gasteiger partial charge in [-0.1, -0.05) is 11.6 Å². The van der Waals surface area contributed by atoms with Crippen LogP contribution in [0.3, 0.4) is 0 Å². The summed E-state index contributed by atoms with van der Waals surface area (Å²) in [4.78, 5) is 2.17. The van der Waals surface area contributed by atoms with E-state index in [9.17, 15) is 0 Å². The zero-order valence-electron chi connectivity index (χ0n) is 9.17. The lowest BCUT2D eigenvalue weighted by Gasteiger charge is -2.21. The molecule has 0 saturated carbocycles. The quantitative estimate of drug-likeness (QED) is 0.238. The van der Waals surface area contributed by atoms with Crippen LogP contribution in [0.1, 0.15) is 34.1 Å². The highest BCUT2D eigenvalue weighted by Gasteiger charge is 2.04. The van der Waals surface area contributed by atoms with E-state index in [4.69, 9.17) is 5.84 Å². The van der Waals surface area contributed by atoms with E-state index in [2.05, 4.69) is 43.8 Å². The van der Waals surface area contributed by atoms with Crippen molar-refractivity contribution < 1.29 is 0 Å². The first-order valence-corrected chi connectivity index (χ1v) is 4.80. The van der Waals surface area contributed by atoms with Gasteiger partial charge in [-0.25, -0.2) is 0 Å². The largest absolute Gasteiger partial charge is 0.359 e. The Labute approximate surface area is 81.3 Å². The molecule has 0 spiro atoms. The summed E-state index contributed by atoms with van der Waals surface area (Å²) in [6.45, 7) is 10.3. The summed E-state index contributed by atoms with van der Waals surface area (Å²) < 4.78 is 0. The number of hydrogen-bond acceptors (Lipinski definition) is 2. The van der Waals surface area contributed by atoms with Crippen molar-refractivity contribution in [2.75, 3.05) is 13.1 Å². The minimum absolute atomic E-state index is 0.834. The zero-order chi connectivity index (χ0) is 10.3. The van der Waals surface area contributed by atoms with E-state index in [-0.39, 0.29) is 0 Å². The molecule has 0 aromatic carbocycles. The van der Waals surface area contributed by atoms with Crippen molar-refractivity contribution >= 4 is 5.84 Å². The standard InChI is InChI=1S/C10H21N3/c1-5-13(6-2)10(12-11)8-7-9(3)4/h7H,5-6,8,11H2,1-4H3/b12-10-. The van der Waals surface area contributed by atoms with Crippen LogP contribution in [-0.4, -0.2) is 23.8 Å². The maximum atomic E-state index is 5.33. The highest BCUT2D eigenvalue weighted by molar-refractivity contribution is 5.83. The molecule has 0 heterocycles. The molecular weight excluding hydrogens is 162 g/mol. The Morgan fingerprint density at radius 3 is 2.15 bits per heavy atom. The average molecular weight is 183 g/mol. The molecule has 0 amide bonds. The van der Waals surface area contributed by atoms with Gasteiger partial charge in [-0.05, 0) is 27.7 Å². The van der Waals surface area contributed by atoms with Gasteiger partial charge in [0.1, 0.15) is 5.84 Å². The van der Waals surface area contributed by atoms with Crippen molar-refractivity contribution in [3.05, 3.63) is 11.6 Å². The van der Waals surface area contributed by atoms with Crippen LogP contribution >= 0.6 is 0 Å². The Bertz CT molecular complexity index is 186. The molecule has 13 heavy (non-hydrogen) atoms. The molecule has 0 saturated heterocycles. The molecule has 3 heteroatoms. The lowest BCUT2D eigenvalue weighted by molar-refractivity contribution is 0.457. The summed E-state index contributed by atoms with van der Waals surface area (Å²) in [5.74, 6) is 6.29. The summed E-state index contributed by atoms with van der Waals surface area (Å²) in [5, 5.41) is 3.80. The minimum Gasteiger partial charge on any atom is -0.359 e. The monoisotopic (exact) mass is 183 g/mol. The molecule has 2 N–H and O–H groups in total. The fourth-order valence-electron chi connectivity index (χ4n) is 1.15. The SMILES string of the molecule is CCN(CC)/C(CC=C(C)C)=N\N. The molecule has 0 fully saturated rings. The van der Waals surface area contributed by atoms with Gasteiger partial charge in [0.15, 0.2) is 0 Å². The smallest absolute Gasteiger partial charge is 0.128 e. The summed E-state index contributed by atoms with van der Waals surface area (Å²) in [7, 11) is 0. The Hall–Kier alpha value is -0.990. The molecule has 0 rings (SSSR count). The molecule has 0 bridgehead atoms. The maximum absolute atomic E-state index is 5.33. The van der Waals surface area contributed by atoms with Gasteiger partial charge in [0, 0.05) is 19.5 Å². The first kappa shape index (κ1) is 12.0. The number of nitrogens with two attached hydrogens (primary N) is 1. The Kier molecular flexibility index (Phi) is 6.02. The summed E-state index contributed by atoms with van der Waals surface area (Å²) in [6, 6.07) is 0. The number of hydrazone groups is 1. The molecule has 3 nitrogen and oxygen atoms in total. The van der Waals surface area contributed by atoms with Gasteiger partial charge in [-0.2, -0.15) is 5.10 Å². The van der Waals surface area contributed by atoms with Gasteiger partial charge >= 0.3 is 0 Å². The second kappa shape index (κ2) is 6.52. The van der Waals surface area contributed by atoms with Crippen molar-refractivity contribution in [1.29, 1.82) is 0 Å². The number of allylic oxidation sites excluding steroid dienone is 1. The summed E-state index contributed by atoms with van der Waals surface area (Å²) in [5.41, 5.74) is 1.30. The summed E-state index contributed by atoms with van der Waals surface area (Å²) >= 11 is 0. The molecule has 0 aromatic rings. The van der Waals surface area contributed by atoms with E-state index in [0.29, 0.717) is 0 Å². The highest BCUT2D eigenvalue weighted by atomic mass is 15.3. The predicted octanol–water partition coefficient (Wildman–Crippen LogP) is 1.96. The second-order valence-corrected chi connectivity index (χ2v) is 3.20. The normalized spacial score (nSPS) is 11.2. The third-order valence-electron chi connectivity index (χ3n) is 1.97. The Morgan fingerprint density at radius 2 is 1.85 bits per heavy atom. The van der Waals surface area contributed by atoms with Crippen molar-refractivity contribution in [1.82, 2.24) is 4.90 Å². The highest BCUT2D eigenvalue weighted by Crippen LogP contribution is 2.00. The van der Waals surface area contributed by atoms with Crippen molar-refractivity contribution in [2.24, 2.45) is 10.9 Å². The van der Waals surface area contributed by atoms with Gasteiger partial charge in [-0.15, -0.1) is 0 Å². The lowest BCUT2D eigenvalue weighted by atomic mass is 10.2. The van der Waals surface area contributed by atoms with Crippen LogP contribution < -0.4 is 5.84 Å². The molecule has 0 aromatic heterocycles. The van der Waals surface area contributed by atoms with Crippen molar-refractivity contribution in [3.63, 3.8) is 0 Å². The van der Waals surface area contributed by atoms with Crippen LogP contribution in [0, 0.1) is 0 Å². The van der Waals surface area contributed by atoms with E-state index in [0.717, 1.165) is 25.3 Å². The second-order valence-electron chi connectivity index (χ2n) is 3.20. The minimum atomic E-state index is 0.834. The van der Waals surface area contributed by atoms with Crippen molar-refractivity contribution in [3.8, 4) is 0 Å². The molecule has 0 unspecified atom stereocenters. The molecule has 76 valence electrons. The van der Waals surface area contributed by atoms with Crippen LogP contribution in [0.2, 0.25) is 0 Å².